The van der Waals surface area contributed by atoms with Gasteiger partial charge in [-0.1, -0.05) is 68.4 Å². The lowest BCUT2D eigenvalue weighted by atomic mass is 9.39. The molecule has 0 spiro atoms. The van der Waals surface area contributed by atoms with Gasteiger partial charge in [-0.25, -0.2) is 0 Å². The SMILES string of the molecule is CC(=O)C[C@@H]1[C@@]2(C)C=C(C#N)C(=O)C(C)(C)[C@@H]2CC[C@@]1(C)C(C)(C)CC[C@@]1(C(=O)N(C)C)CCC(C)(C)CC1C. The molecule has 2 saturated carbocycles. The van der Waals surface area contributed by atoms with Crippen LogP contribution >= 0.6 is 0 Å². The number of rotatable bonds is 7. The molecule has 3 aliphatic rings. The van der Waals surface area contributed by atoms with Crippen LogP contribution in [-0.2, 0) is 14.4 Å². The van der Waals surface area contributed by atoms with Crippen LogP contribution in [0.3, 0.4) is 0 Å². The van der Waals surface area contributed by atoms with Gasteiger partial charge in [-0.15, -0.1) is 0 Å². The molecular weight excluding hydrogens is 496 g/mol. The van der Waals surface area contributed by atoms with E-state index in [9.17, 15) is 19.6 Å². The Morgan fingerprint density at radius 3 is 2.17 bits per heavy atom. The highest BCUT2D eigenvalue weighted by atomic mass is 16.2. The Morgan fingerprint density at radius 2 is 1.68 bits per heavy atom. The Balaban J connectivity index is 2.06. The molecule has 0 aromatic carbocycles. The van der Waals surface area contributed by atoms with Crippen molar-refractivity contribution in [3.05, 3.63) is 11.6 Å². The van der Waals surface area contributed by atoms with E-state index in [1.165, 1.54) is 0 Å². The van der Waals surface area contributed by atoms with Gasteiger partial charge >= 0.3 is 0 Å². The molecule has 5 nitrogen and oxygen atoms in total. The largest absolute Gasteiger partial charge is 0.348 e. The smallest absolute Gasteiger partial charge is 0.228 e. The molecule has 0 aromatic heterocycles. The molecule has 3 aliphatic carbocycles. The molecule has 5 heteroatoms. The van der Waals surface area contributed by atoms with Gasteiger partial charge < -0.3 is 9.69 Å². The first-order valence-electron chi connectivity index (χ1n) is 15.5. The summed E-state index contributed by atoms with van der Waals surface area (Å²) >= 11 is 0. The van der Waals surface area contributed by atoms with Gasteiger partial charge in [0, 0.05) is 25.9 Å². The number of nitriles is 1. The van der Waals surface area contributed by atoms with E-state index in [0.29, 0.717) is 12.3 Å². The fraction of sp³-hybridized carbons (Fsp3) is 0.829. The topological polar surface area (TPSA) is 78.2 Å². The van der Waals surface area contributed by atoms with Crippen molar-refractivity contribution >= 4 is 17.5 Å². The van der Waals surface area contributed by atoms with Gasteiger partial charge in [0.15, 0.2) is 5.78 Å². The van der Waals surface area contributed by atoms with Crippen molar-refractivity contribution in [1.82, 2.24) is 4.90 Å². The summed E-state index contributed by atoms with van der Waals surface area (Å²) in [5.41, 5.74) is -1.37. The molecule has 0 aromatic rings. The normalized spacial score (nSPS) is 37.1. The number of carbonyl (C=O) groups is 3. The maximum Gasteiger partial charge on any atom is 0.228 e. The molecule has 0 bridgehead atoms. The lowest BCUT2D eigenvalue weighted by Gasteiger charge is -2.64. The summed E-state index contributed by atoms with van der Waals surface area (Å²) in [7, 11) is 3.78. The number of nitrogens with zero attached hydrogens (tertiary/aromatic N) is 2. The van der Waals surface area contributed by atoms with Gasteiger partial charge in [0.2, 0.25) is 5.91 Å². The summed E-state index contributed by atoms with van der Waals surface area (Å²) in [6.45, 7) is 21.8. The van der Waals surface area contributed by atoms with Crippen LogP contribution in [0.2, 0.25) is 0 Å². The second-order valence-electron chi connectivity index (χ2n) is 16.6. The third-order valence-electron chi connectivity index (χ3n) is 12.6. The van der Waals surface area contributed by atoms with Gasteiger partial charge in [0.1, 0.15) is 11.9 Å². The van der Waals surface area contributed by atoms with Crippen LogP contribution in [0, 0.1) is 61.6 Å². The highest BCUT2D eigenvalue weighted by molar-refractivity contribution is 6.04. The number of carbonyl (C=O) groups excluding carboxylic acids is 3. The van der Waals surface area contributed by atoms with Crippen LogP contribution in [0.4, 0.5) is 0 Å². The van der Waals surface area contributed by atoms with Crippen LogP contribution in [-0.4, -0.2) is 36.5 Å². The first-order valence-corrected chi connectivity index (χ1v) is 15.5. The maximum absolute atomic E-state index is 13.8. The molecule has 40 heavy (non-hydrogen) atoms. The number of Topliss-reactive ketones (excluding diaryl/α,β-unsaturated/α-hetero) is 2. The molecule has 3 rings (SSSR count). The third kappa shape index (κ3) is 5.11. The van der Waals surface area contributed by atoms with Gasteiger partial charge in [-0.05, 0) is 91.3 Å². The van der Waals surface area contributed by atoms with Crippen molar-refractivity contribution in [2.24, 2.45) is 50.2 Å². The zero-order valence-corrected chi connectivity index (χ0v) is 27.6. The molecule has 1 unspecified atom stereocenters. The average molecular weight is 553 g/mol. The van der Waals surface area contributed by atoms with E-state index in [2.05, 4.69) is 54.5 Å². The summed E-state index contributed by atoms with van der Waals surface area (Å²) in [5.74, 6) is 0.687. The van der Waals surface area contributed by atoms with Gasteiger partial charge in [-0.2, -0.15) is 5.26 Å². The second kappa shape index (κ2) is 10.4. The Kier molecular flexibility index (Phi) is 8.46. The van der Waals surface area contributed by atoms with Crippen molar-refractivity contribution in [3.8, 4) is 6.07 Å². The summed E-state index contributed by atoms with van der Waals surface area (Å²) < 4.78 is 0. The quantitative estimate of drug-likeness (QED) is 0.323. The summed E-state index contributed by atoms with van der Waals surface area (Å²) in [4.78, 5) is 41.8. The van der Waals surface area contributed by atoms with Gasteiger partial charge in [-0.3, -0.25) is 9.59 Å². The zero-order chi connectivity index (χ0) is 30.7. The number of allylic oxidation sites excluding steroid dienone is 2. The van der Waals surface area contributed by atoms with Crippen molar-refractivity contribution in [1.29, 1.82) is 5.26 Å². The molecule has 2 fully saturated rings. The van der Waals surface area contributed by atoms with E-state index in [4.69, 9.17) is 0 Å². The van der Waals surface area contributed by atoms with Gasteiger partial charge in [0.05, 0.1) is 11.0 Å². The average Bonchev–Trinajstić information content (AvgIpc) is 2.82. The Bertz CT molecular complexity index is 1120. The summed E-state index contributed by atoms with van der Waals surface area (Å²) in [6.07, 6.45) is 8.89. The Hall–Kier alpha value is -1.96. The van der Waals surface area contributed by atoms with Crippen molar-refractivity contribution < 1.29 is 14.4 Å². The number of amides is 1. The van der Waals surface area contributed by atoms with E-state index in [1.54, 1.807) is 11.8 Å². The van der Waals surface area contributed by atoms with Gasteiger partial charge in [0.25, 0.3) is 0 Å². The fourth-order valence-electron chi connectivity index (χ4n) is 9.70. The molecule has 6 atom stereocenters. The molecule has 0 aliphatic heterocycles. The molecule has 0 N–H and O–H groups in total. The van der Waals surface area contributed by atoms with E-state index in [-0.39, 0.29) is 56.5 Å². The molecule has 1 amide bonds. The highest BCUT2D eigenvalue weighted by Crippen LogP contribution is 2.68. The molecule has 0 saturated heterocycles. The monoisotopic (exact) mass is 552 g/mol. The highest BCUT2D eigenvalue weighted by Gasteiger charge is 2.63. The molecule has 224 valence electrons. The van der Waals surface area contributed by atoms with E-state index in [0.717, 1.165) is 44.9 Å². The number of hydrogen-bond acceptors (Lipinski definition) is 4. The van der Waals surface area contributed by atoms with Crippen molar-refractivity contribution in [3.63, 3.8) is 0 Å². The lowest BCUT2D eigenvalue weighted by molar-refractivity contribution is -0.159. The molecule has 0 heterocycles. The Labute approximate surface area is 244 Å². The third-order valence-corrected chi connectivity index (χ3v) is 12.6. The van der Waals surface area contributed by atoms with Crippen molar-refractivity contribution in [2.45, 2.75) is 121 Å². The van der Waals surface area contributed by atoms with E-state index in [1.807, 2.05) is 34.0 Å². The maximum atomic E-state index is 13.8. The second-order valence-corrected chi connectivity index (χ2v) is 16.6. The summed E-state index contributed by atoms with van der Waals surface area (Å²) in [6, 6.07) is 2.20. The lowest BCUT2D eigenvalue weighted by Crippen LogP contribution is -2.60. The van der Waals surface area contributed by atoms with E-state index >= 15 is 0 Å². The molecular formula is C35H56N2O3. The van der Waals surface area contributed by atoms with Crippen LogP contribution < -0.4 is 0 Å². The fourth-order valence-corrected chi connectivity index (χ4v) is 9.70. The first-order chi connectivity index (χ1) is 18.1. The number of hydrogen-bond donors (Lipinski definition) is 0. The zero-order valence-electron chi connectivity index (χ0n) is 27.6. The van der Waals surface area contributed by atoms with Crippen LogP contribution in [0.15, 0.2) is 11.6 Å². The Morgan fingerprint density at radius 1 is 1.07 bits per heavy atom. The summed E-state index contributed by atoms with van der Waals surface area (Å²) in [5, 5.41) is 9.93. The minimum atomic E-state index is -0.651. The van der Waals surface area contributed by atoms with E-state index < -0.39 is 10.8 Å². The molecule has 0 radical (unpaired) electrons. The predicted molar refractivity (Wildman–Crippen MR) is 161 cm³/mol. The number of ketones is 2. The van der Waals surface area contributed by atoms with Crippen LogP contribution in [0.1, 0.15) is 121 Å². The minimum absolute atomic E-state index is 0.00909. The van der Waals surface area contributed by atoms with Crippen LogP contribution in [0.5, 0.6) is 0 Å². The van der Waals surface area contributed by atoms with Crippen molar-refractivity contribution in [2.75, 3.05) is 14.1 Å². The first kappa shape index (κ1) is 32.6. The van der Waals surface area contributed by atoms with Crippen LogP contribution in [0.25, 0.3) is 0 Å². The minimum Gasteiger partial charge on any atom is -0.348 e. The predicted octanol–water partition coefficient (Wildman–Crippen LogP) is 7.79. The number of fused-ring (bicyclic) bond motifs is 1. The standard InChI is InChI=1S/C35H56N2O3/c1-23-20-30(3,4)15-17-35(23,29(40)37(11)12)18-16-31(5,6)34(10)14-13-26-32(7,8)28(39)25(22-36)21-33(26,9)27(34)19-24(2)38/h21,23,26-27H,13-20H2,1-12H3/t23?,26-,27+,33-,34+,35-/m0/s1.